The molecule has 0 bridgehead atoms. The predicted octanol–water partition coefficient (Wildman–Crippen LogP) is 4.90. The lowest BCUT2D eigenvalue weighted by molar-refractivity contribution is 0.295. The number of halogens is 1. The van der Waals surface area contributed by atoms with Gasteiger partial charge in [0.05, 0.1) is 12.8 Å². The molecule has 0 amide bonds. The molecule has 0 saturated heterocycles. The Morgan fingerprint density at radius 3 is 2.41 bits per heavy atom. The molecule has 0 aliphatic rings. The first-order valence-corrected chi connectivity index (χ1v) is 7.63. The van der Waals surface area contributed by atoms with Crippen molar-refractivity contribution < 1.29 is 9.47 Å². The molecule has 0 aliphatic heterocycles. The molecule has 0 N–H and O–H groups in total. The van der Waals surface area contributed by atoms with Gasteiger partial charge in [-0.1, -0.05) is 11.6 Å². The summed E-state index contributed by atoms with van der Waals surface area (Å²) < 4.78 is 13.3. The molecule has 0 aliphatic carbocycles. The summed E-state index contributed by atoms with van der Waals surface area (Å²) in [6.45, 7) is 3.55. The van der Waals surface area contributed by atoms with Crippen LogP contribution in [0.15, 0.2) is 48.5 Å². The number of rotatable bonds is 5. The molecule has 114 valence electrons. The summed E-state index contributed by atoms with van der Waals surface area (Å²) in [5, 5.41) is 1.89. The van der Waals surface area contributed by atoms with Crippen LogP contribution in [-0.4, -0.2) is 11.7 Å². The van der Waals surface area contributed by atoms with Crippen LogP contribution in [-0.2, 0) is 13.2 Å². The summed E-state index contributed by atoms with van der Waals surface area (Å²) in [4.78, 5) is 0. The van der Waals surface area contributed by atoms with Crippen LogP contribution in [0.4, 0.5) is 0 Å². The van der Waals surface area contributed by atoms with Gasteiger partial charge in [0.15, 0.2) is 0 Å². The first kappa shape index (κ1) is 14.8. The number of methoxy groups -OCH3 is 1. The van der Waals surface area contributed by atoms with Crippen molar-refractivity contribution in [3.8, 4) is 11.5 Å². The minimum atomic E-state index is 0.520. The average Bonchev–Trinajstić information content (AvgIpc) is 2.89. The smallest absolute Gasteiger partial charge is 0.128 e. The van der Waals surface area contributed by atoms with E-state index in [0.29, 0.717) is 6.61 Å². The largest absolute Gasteiger partial charge is 0.497 e. The zero-order valence-corrected chi connectivity index (χ0v) is 13.4. The Morgan fingerprint density at radius 1 is 1.00 bits per heavy atom. The number of ether oxygens (including phenoxy) is 2. The number of benzene rings is 2. The van der Waals surface area contributed by atoms with Gasteiger partial charge in [-0.2, -0.15) is 0 Å². The van der Waals surface area contributed by atoms with Gasteiger partial charge in [0, 0.05) is 22.5 Å². The predicted molar refractivity (Wildman–Crippen MR) is 89.9 cm³/mol. The molecule has 2 aromatic carbocycles. The molecule has 0 fully saturated rings. The van der Waals surface area contributed by atoms with Crippen molar-refractivity contribution in [2.45, 2.75) is 20.1 Å². The molecule has 3 rings (SSSR count). The Hall–Kier alpha value is -2.13. The van der Waals surface area contributed by atoms with E-state index in [1.54, 1.807) is 7.11 Å². The van der Waals surface area contributed by atoms with Crippen molar-refractivity contribution in [3.63, 3.8) is 0 Å². The lowest BCUT2D eigenvalue weighted by Crippen LogP contribution is -2.04. The van der Waals surface area contributed by atoms with Gasteiger partial charge in [-0.25, -0.2) is 0 Å². The normalized spacial score (nSPS) is 10.9. The quantitative estimate of drug-likeness (QED) is 0.668. The van der Waals surface area contributed by atoms with Gasteiger partial charge in [-0.3, -0.25) is 0 Å². The van der Waals surface area contributed by atoms with Crippen LogP contribution in [0.5, 0.6) is 11.5 Å². The summed E-state index contributed by atoms with van der Waals surface area (Å²) in [5.41, 5.74) is 2.32. The fourth-order valence-corrected chi connectivity index (χ4v) is 2.80. The Kier molecular flexibility index (Phi) is 4.25. The maximum absolute atomic E-state index is 6.07. The zero-order valence-electron chi connectivity index (χ0n) is 12.7. The van der Waals surface area contributed by atoms with Gasteiger partial charge >= 0.3 is 0 Å². The van der Waals surface area contributed by atoms with E-state index in [0.717, 1.165) is 34.1 Å². The monoisotopic (exact) mass is 315 g/mol. The van der Waals surface area contributed by atoms with E-state index in [9.17, 15) is 0 Å². The number of fused-ring (bicyclic) bond motifs is 1. The second-order valence-electron chi connectivity index (χ2n) is 5.05. The first-order chi connectivity index (χ1) is 10.7. The van der Waals surface area contributed by atoms with Crippen LogP contribution in [0.1, 0.15) is 12.6 Å². The first-order valence-electron chi connectivity index (χ1n) is 7.26. The minimum Gasteiger partial charge on any atom is -0.497 e. The molecule has 0 spiro atoms. The van der Waals surface area contributed by atoms with Gasteiger partial charge in [0.25, 0.3) is 0 Å². The van der Waals surface area contributed by atoms with Crippen molar-refractivity contribution >= 4 is 22.5 Å². The molecule has 0 radical (unpaired) electrons. The Balaban J connectivity index is 1.83. The fraction of sp³-hybridized carbons (Fsp3) is 0.222. The number of hydrogen-bond donors (Lipinski definition) is 0. The second kappa shape index (κ2) is 6.32. The molecule has 3 nitrogen and oxygen atoms in total. The van der Waals surface area contributed by atoms with E-state index in [-0.39, 0.29) is 0 Å². The minimum absolute atomic E-state index is 0.520. The van der Waals surface area contributed by atoms with Gasteiger partial charge in [0.2, 0.25) is 0 Å². The van der Waals surface area contributed by atoms with Gasteiger partial charge in [0.1, 0.15) is 18.1 Å². The van der Waals surface area contributed by atoms with Crippen molar-refractivity contribution in [1.29, 1.82) is 0 Å². The van der Waals surface area contributed by atoms with E-state index >= 15 is 0 Å². The highest BCUT2D eigenvalue weighted by Gasteiger charge is 2.08. The topological polar surface area (TPSA) is 23.4 Å². The van der Waals surface area contributed by atoms with Crippen LogP contribution in [0.2, 0.25) is 5.02 Å². The molecular formula is C18H18ClNO2. The van der Waals surface area contributed by atoms with E-state index in [2.05, 4.69) is 23.6 Å². The summed E-state index contributed by atoms with van der Waals surface area (Å²) in [7, 11) is 1.65. The van der Waals surface area contributed by atoms with E-state index in [1.165, 1.54) is 5.52 Å². The number of nitrogens with zero attached hydrogens (tertiary/aromatic N) is 1. The molecule has 0 unspecified atom stereocenters. The van der Waals surface area contributed by atoms with Gasteiger partial charge in [-0.05, 0) is 55.5 Å². The van der Waals surface area contributed by atoms with Crippen molar-refractivity contribution in [2.75, 3.05) is 7.11 Å². The molecular weight excluding hydrogens is 298 g/mol. The highest BCUT2D eigenvalue weighted by molar-refractivity contribution is 6.31. The standard InChI is InChI=1S/C18H18ClNO2/c1-3-20-15(11-13-10-14(19)4-9-18(13)20)12-22-17-7-5-16(21-2)6-8-17/h4-11H,3,12H2,1-2H3. The second-order valence-corrected chi connectivity index (χ2v) is 5.48. The maximum atomic E-state index is 6.07. The number of hydrogen-bond acceptors (Lipinski definition) is 2. The molecule has 22 heavy (non-hydrogen) atoms. The van der Waals surface area contributed by atoms with Crippen molar-refractivity contribution in [2.24, 2.45) is 0 Å². The highest BCUT2D eigenvalue weighted by atomic mass is 35.5. The molecule has 4 heteroatoms. The fourth-order valence-electron chi connectivity index (χ4n) is 2.62. The van der Waals surface area contributed by atoms with Crippen LogP contribution in [0.25, 0.3) is 10.9 Å². The van der Waals surface area contributed by atoms with Crippen molar-refractivity contribution in [3.05, 3.63) is 59.2 Å². The third kappa shape index (κ3) is 2.90. The van der Waals surface area contributed by atoms with Crippen LogP contribution >= 0.6 is 11.6 Å². The SMILES string of the molecule is CCn1c(COc2ccc(OC)cc2)cc2cc(Cl)ccc21. The lowest BCUT2D eigenvalue weighted by atomic mass is 10.2. The van der Waals surface area contributed by atoms with Crippen LogP contribution < -0.4 is 9.47 Å². The lowest BCUT2D eigenvalue weighted by Gasteiger charge is -2.10. The van der Waals surface area contributed by atoms with E-state index in [4.69, 9.17) is 21.1 Å². The molecule has 1 heterocycles. The third-order valence-electron chi connectivity index (χ3n) is 3.71. The zero-order chi connectivity index (χ0) is 15.5. The Labute approximate surface area is 135 Å². The molecule has 0 atom stereocenters. The highest BCUT2D eigenvalue weighted by Crippen LogP contribution is 2.25. The van der Waals surface area contributed by atoms with Gasteiger partial charge in [-0.15, -0.1) is 0 Å². The summed E-state index contributed by atoms with van der Waals surface area (Å²) in [6.07, 6.45) is 0. The molecule has 3 aromatic rings. The number of aryl methyl sites for hydroxylation is 1. The number of aromatic nitrogens is 1. The van der Waals surface area contributed by atoms with Crippen molar-refractivity contribution in [1.82, 2.24) is 4.57 Å². The maximum Gasteiger partial charge on any atom is 0.128 e. The Morgan fingerprint density at radius 2 is 1.73 bits per heavy atom. The van der Waals surface area contributed by atoms with Gasteiger partial charge < -0.3 is 14.0 Å². The van der Waals surface area contributed by atoms with Crippen LogP contribution in [0, 0.1) is 0 Å². The average molecular weight is 316 g/mol. The summed E-state index contributed by atoms with van der Waals surface area (Å²) in [5.74, 6) is 1.65. The summed E-state index contributed by atoms with van der Waals surface area (Å²) >= 11 is 6.07. The van der Waals surface area contributed by atoms with E-state index in [1.807, 2.05) is 36.4 Å². The van der Waals surface area contributed by atoms with Crippen LogP contribution in [0.3, 0.4) is 0 Å². The Bertz CT molecular complexity index is 778. The molecule has 1 aromatic heterocycles. The van der Waals surface area contributed by atoms with E-state index < -0.39 is 0 Å². The summed E-state index contributed by atoms with van der Waals surface area (Å²) in [6, 6.07) is 15.7. The molecule has 0 saturated carbocycles. The third-order valence-corrected chi connectivity index (χ3v) is 3.95.